The highest BCUT2D eigenvalue weighted by Gasteiger charge is 2.28. The van der Waals surface area contributed by atoms with Gasteiger partial charge in [-0.2, -0.15) is 0 Å². The van der Waals surface area contributed by atoms with E-state index >= 15 is 0 Å². The lowest BCUT2D eigenvalue weighted by Crippen LogP contribution is -2.21. The van der Waals surface area contributed by atoms with E-state index in [1.807, 2.05) is 0 Å². The molecule has 0 fully saturated rings. The van der Waals surface area contributed by atoms with Crippen molar-refractivity contribution in [1.82, 2.24) is 0 Å². The maximum atomic E-state index is 4.09. The quantitative estimate of drug-likeness (QED) is 0.512. The van der Waals surface area contributed by atoms with Crippen molar-refractivity contribution in [2.24, 2.45) is 5.41 Å². The van der Waals surface area contributed by atoms with Crippen molar-refractivity contribution in [1.29, 1.82) is 0 Å². The first-order chi connectivity index (χ1) is 5.46. The summed E-state index contributed by atoms with van der Waals surface area (Å²) in [7, 11) is 0. The molecule has 0 N–H and O–H groups in total. The van der Waals surface area contributed by atoms with Crippen LogP contribution in [0, 0.1) is 5.41 Å². The lowest BCUT2D eigenvalue weighted by Gasteiger charge is -2.35. The zero-order chi connectivity index (χ0) is 9.35. The van der Waals surface area contributed by atoms with E-state index in [9.17, 15) is 0 Å². The molecule has 0 nitrogen and oxygen atoms in total. The molecule has 0 aromatic carbocycles. The Morgan fingerprint density at radius 1 is 1.33 bits per heavy atom. The van der Waals surface area contributed by atoms with Gasteiger partial charge in [0.25, 0.3) is 0 Å². The minimum absolute atomic E-state index is 0.379. The molecule has 1 rings (SSSR count). The van der Waals surface area contributed by atoms with Crippen LogP contribution in [0.4, 0.5) is 0 Å². The maximum Gasteiger partial charge on any atom is -0.00817 e. The Kier molecular flexibility index (Phi) is 2.46. The second-order valence-electron chi connectivity index (χ2n) is 4.58. The van der Waals surface area contributed by atoms with Crippen molar-refractivity contribution >= 4 is 0 Å². The van der Waals surface area contributed by atoms with Crippen LogP contribution in [0.1, 0.15) is 47.0 Å². The minimum atomic E-state index is 0.379. The first-order valence-corrected chi connectivity index (χ1v) is 4.77. The van der Waals surface area contributed by atoms with Gasteiger partial charge >= 0.3 is 0 Å². The molecule has 0 unspecified atom stereocenters. The molecule has 0 radical (unpaired) electrons. The predicted molar refractivity (Wildman–Crippen MR) is 55.1 cm³/mol. The van der Waals surface area contributed by atoms with Crippen molar-refractivity contribution < 1.29 is 0 Å². The average Bonchev–Trinajstić information content (AvgIpc) is 1.97. The van der Waals surface area contributed by atoms with E-state index in [0.29, 0.717) is 5.41 Å². The van der Waals surface area contributed by atoms with Gasteiger partial charge in [0.05, 0.1) is 0 Å². The molecule has 0 heterocycles. The van der Waals surface area contributed by atoms with Crippen molar-refractivity contribution in [3.8, 4) is 0 Å². The Balaban J connectivity index is 2.84. The number of hydrogen-bond acceptors (Lipinski definition) is 0. The first-order valence-electron chi connectivity index (χ1n) is 4.77. The molecule has 1 aliphatic rings. The predicted octanol–water partition coefficient (Wildman–Crippen LogP) is 4.09. The molecule has 0 aliphatic heterocycles. The van der Waals surface area contributed by atoms with Crippen LogP contribution >= 0.6 is 0 Å². The number of allylic oxidation sites excluding steroid dienone is 3. The summed E-state index contributed by atoms with van der Waals surface area (Å²) in [5, 5.41) is 0. The lowest BCUT2D eigenvalue weighted by molar-refractivity contribution is 0.342. The first kappa shape index (κ1) is 9.57. The molecule has 0 spiro atoms. The molecule has 68 valence electrons. The van der Waals surface area contributed by atoms with E-state index in [-0.39, 0.29) is 0 Å². The highest BCUT2D eigenvalue weighted by atomic mass is 14.3. The SMILES string of the molecule is C=C(C)[C@@]1(C)CCC(C)=C(C)C1. The second-order valence-corrected chi connectivity index (χ2v) is 4.58. The summed E-state index contributed by atoms with van der Waals surface area (Å²) in [5.74, 6) is 0. The van der Waals surface area contributed by atoms with Crippen molar-refractivity contribution in [3.05, 3.63) is 23.3 Å². The third kappa shape index (κ3) is 1.63. The molecule has 0 saturated carbocycles. The van der Waals surface area contributed by atoms with Gasteiger partial charge in [0, 0.05) is 0 Å². The molecule has 0 aromatic heterocycles. The zero-order valence-corrected chi connectivity index (χ0v) is 8.83. The van der Waals surface area contributed by atoms with Gasteiger partial charge in [-0.1, -0.05) is 30.2 Å². The Labute approximate surface area is 76.4 Å². The van der Waals surface area contributed by atoms with Crippen molar-refractivity contribution in [2.75, 3.05) is 0 Å². The summed E-state index contributed by atoms with van der Waals surface area (Å²) in [5.41, 5.74) is 4.89. The molecule has 1 aliphatic carbocycles. The Bertz CT molecular complexity index is 232. The summed E-state index contributed by atoms with van der Waals surface area (Å²) in [6, 6.07) is 0. The number of rotatable bonds is 1. The molecule has 0 bridgehead atoms. The normalized spacial score (nSPS) is 30.7. The van der Waals surface area contributed by atoms with Gasteiger partial charge in [-0.15, -0.1) is 0 Å². The lowest BCUT2D eigenvalue weighted by atomic mass is 9.70. The van der Waals surface area contributed by atoms with Crippen LogP contribution < -0.4 is 0 Å². The van der Waals surface area contributed by atoms with Gasteiger partial charge in [-0.25, -0.2) is 0 Å². The van der Waals surface area contributed by atoms with Crippen LogP contribution in [0.5, 0.6) is 0 Å². The molecular formula is C12H20. The average molecular weight is 164 g/mol. The Morgan fingerprint density at radius 2 is 1.92 bits per heavy atom. The van der Waals surface area contributed by atoms with Crippen LogP contribution in [-0.2, 0) is 0 Å². The van der Waals surface area contributed by atoms with Crippen LogP contribution in [0.25, 0.3) is 0 Å². The van der Waals surface area contributed by atoms with Crippen molar-refractivity contribution in [3.63, 3.8) is 0 Å². The molecule has 0 amide bonds. The molecule has 12 heavy (non-hydrogen) atoms. The largest absolute Gasteiger partial charge is 0.0996 e. The minimum Gasteiger partial charge on any atom is -0.0996 e. The standard InChI is InChI=1S/C12H20/c1-9(2)12(5)7-6-10(3)11(4)8-12/h1,6-8H2,2-5H3/t12-/m0/s1. The van der Waals surface area contributed by atoms with Crippen LogP contribution in [-0.4, -0.2) is 0 Å². The topological polar surface area (TPSA) is 0 Å². The fourth-order valence-corrected chi connectivity index (χ4v) is 1.87. The summed E-state index contributed by atoms with van der Waals surface area (Å²) in [6.45, 7) is 13.1. The highest BCUT2D eigenvalue weighted by molar-refractivity contribution is 5.22. The van der Waals surface area contributed by atoms with Gasteiger partial charge in [0.2, 0.25) is 0 Å². The van der Waals surface area contributed by atoms with E-state index < -0.39 is 0 Å². The zero-order valence-electron chi connectivity index (χ0n) is 8.83. The molecule has 0 aromatic rings. The van der Waals surface area contributed by atoms with E-state index in [4.69, 9.17) is 0 Å². The van der Waals surface area contributed by atoms with Crippen LogP contribution in [0.15, 0.2) is 23.3 Å². The third-order valence-electron chi connectivity index (χ3n) is 3.47. The Hall–Kier alpha value is -0.520. The monoisotopic (exact) mass is 164 g/mol. The van der Waals surface area contributed by atoms with Gasteiger partial charge in [-0.05, 0) is 45.4 Å². The highest BCUT2D eigenvalue weighted by Crippen LogP contribution is 2.43. The fourth-order valence-electron chi connectivity index (χ4n) is 1.87. The molecule has 0 heteroatoms. The molecule has 0 saturated heterocycles. The smallest absolute Gasteiger partial charge is 0.00817 e. The third-order valence-corrected chi connectivity index (χ3v) is 3.47. The van der Waals surface area contributed by atoms with E-state index in [0.717, 1.165) is 0 Å². The van der Waals surface area contributed by atoms with Gasteiger partial charge in [0.15, 0.2) is 0 Å². The second kappa shape index (κ2) is 3.08. The summed E-state index contributed by atoms with van der Waals surface area (Å²) < 4.78 is 0. The van der Waals surface area contributed by atoms with Crippen LogP contribution in [0.2, 0.25) is 0 Å². The van der Waals surface area contributed by atoms with Gasteiger partial charge < -0.3 is 0 Å². The molecular weight excluding hydrogens is 144 g/mol. The van der Waals surface area contributed by atoms with E-state index in [1.54, 1.807) is 11.1 Å². The Morgan fingerprint density at radius 3 is 2.33 bits per heavy atom. The molecule has 1 atom stereocenters. The summed E-state index contributed by atoms with van der Waals surface area (Å²) in [4.78, 5) is 0. The van der Waals surface area contributed by atoms with Gasteiger partial charge in [0.1, 0.15) is 0 Å². The van der Waals surface area contributed by atoms with Gasteiger partial charge in [-0.3, -0.25) is 0 Å². The summed E-state index contributed by atoms with van der Waals surface area (Å²) in [6.07, 6.45) is 3.76. The van der Waals surface area contributed by atoms with E-state index in [1.165, 1.54) is 24.8 Å². The van der Waals surface area contributed by atoms with Crippen LogP contribution in [0.3, 0.4) is 0 Å². The maximum absolute atomic E-state index is 4.09. The summed E-state index contributed by atoms with van der Waals surface area (Å²) >= 11 is 0. The fraction of sp³-hybridized carbons (Fsp3) is 0.667. The van der Waals surface area contributed by atoms with E-state index in [2.05, 4.69) is 34.3 Å². The number of hydrogen-bond donors (Lipinski definition) is 0. The van der Waals surface area contributed by atoms with Crippen molar-refractivity contribution in [2.45, 2.75) is 47.0 Å².